The van der Waals surface area contributed by atoms with E-state index in [2.05, 4.69) is 10.5 Å². The number of amidine groups is 1. The first-order valence-corrected chi connectivity index (χ1v) is 7.79. The van der Waals surface area contributed by atoms with Gasteiger partial charge in [0, 0.05) is 12.1 Å². The van der Waals surface area contributed by atoms with E-state index >= 15 is 0 Å². The van der Waals surface area contributed by atoms with Gasteiger partial charge >= 0.3 is 5.97 Å². The van der Waals surface area contributed by atoms with Crippen LogP contribution in [0.1, 0.15) is 21.5 Å². The summed E-state index contributed by atoms with van der Waals surface area (Å²) >= 11 is 0. The number of nitrogens with one attached hydrogen (secondary N) is 1. The van der Waals surface area contributed by atoms with Gasteiger partial charge in [-0.3, -0.25) is 4.79 Å². The van der Waals surface area contributed by atoms with Gasteiger partial charge in [-0.2, -0.15) is 0 Å². The average molecular weight is 358 g/mol. The summed E-state index contributed by atoms with van der Waals surface area (Å²) in [4.78, 5) is 28.0. The summed E-state index contributed by atoms with van der Waals surface area (Å²) in [5.74, 6) is -1.15. The maximum absolute atomic E-state index is 12.3. The van der Waals surface area contributed by atoms with Crippen LogP contribution in [0.3, 0.4) is 0 Å². The highest BCUT2D eigenvalue weighted by atomic mass is 19.1. The third kappa shape index (κ3) is 5.38. The van der Waals surface area contributed by atoms with E-state index in [1.807, 2.05) is 0 Å². The van der Waals surface area contributed by atoms with Crippen LogP contribution >= 0.6 is 0 Å². The second kappa shape index (κ2) is 9.28. The van der Waals surface area contributed by atoms with Crippen LogP contribution < -0.4 is 16.8 Å². The van der Waals surface area contributed by atoms with Crippen LogP contribution in [0.5, 0.6) is 0 Å². The SMILES string of the molecule is NC(=NOC(=O)c1ccccc1)c1ccc(CNC(=O)C(N)CF)cc1. The first kappa shape index (κ1) is 19.1. The van der Waals surface area contributed by atoms with Crippen LogP contribution in [0.15, 0.2) is 59.8 Å². The Kier molecular flexibility index (Phi) is 6.81. The maximum Gasteiger partial charge on any atom is 0.365 e. The normalized spacial score (nSPS) is 12.3. The lowest BCUT2D eigenvalue weighted by molar-refractivity contribution is -0.122. The van der Waals surface area contributed by atoms with Gasteiger partial charge in [0.25, 0.3) is 0 Å². The van der Waals surface area contributed by atoms with Crippen LogP contribution in [-0.2, 0) is 16.2 Å². The molecule has 2 aromatic carbocycles. The van der Waals surface area contributed by atoms with Gasteiger partial charge in [0.15, 0.2) is 5.84 Å². The molecule has 0 aromatic heterocycles. The third-order valence-corrected chi connectivity index (χ3v) is 3.46. The molecular weight excluding hydrogens is 339 g/mol. The molecule has 1 amide bonds. The summed E-state index contributed by atoms with van der Waals surface area (Å²) in [7, 11) is 0. The lowest BCUT2D eigenvalue weighted by atomic mass is 10.1. The molecular formula is C18H19FN4O3. The Bertz CT molecular complexity index is 779. The summed E-state index contributed by atoms with van der Waals surface area (Å²) in [5.41, 5.74) is 12.8. The first-order valence-electron chi connectivity index (χ1n) is 7.79. The second-order valence-electron chi connectivity index (χ2n) is 5.40. The van der Waals surface area contributed by atoms with Crippen molar-refractivity contribution in [3.05, 3.63) is 71.3 Å². The van der Waals surface area contributed by atoms with Crippen molar-refractivity contribution < 1.29 is 18.8 Å². The van der Waals surface area contributed by atoms with E-state index in [-0.39, 0.29) is 12.4 Å². The first-order chi connectivity index (χ1) is 12.5. The Morgan fingerprint density at radius 1 is 1.08 bits per heavy atom. The second-order valence-corrected chi connectivity index (χ2v) is 5.40. The standard InChI is InChI=1S/C18H19FN4O3/c19-10-15(20)17(24)22-11-12-6-8-13(9-7-12)16(21)23-26-18(25)14-4-2-1-3-5-14/h1-9,15H,10-11,20H2,(H2,21,23)(H,22,24). The van der Waals surface area contributed by atoms with Crippen molar-refractivity contribution in [2.45, 2.75) is 12.6 Å². The average Bonchev–Trinajstić information content (AvgIpc) is 2.70. The molecule has 136 valence electrons. The van der Waals surface area contributed by atoms with Crippen molar-refractivity contribution in [1.29, 1.82) is 0 Å². The van der Waals surface area contributed by atoms with Crippen LogP contribution in [0.25, 0.3) is 0 Å². The third-order valence-electron chi connectivity index (χ3n) is 3.46. The molecule has 0 saturated carbocycles. The zero-order valence-corrected chi connectivity index (χ0v) is 13.9. The molecule has 0 radical (unpaired) electrons. The fourth-order valence-corrected chi connectivity index (χ4v) is 1.95. The van der Waals surface area contributed by atoms with Crippen molar-refractivity contribution in [3.63, 3.8) is 0 Å². The zero-order valence-electron chi connectivity index (χ0n) is 13.9. The van der Waals surface area contributed by atoms with Crippen LogP contribution in [0.4, 0.5) is 4.39 Å². The molecule has 0 aliphatic carbocycles. The summed E-state index contributed by atoms with van der Waals surface area (Å²) < 4.78 is 12.3. The highest BCUT2D eigenvalue weighted by Crippen LogP contribution is 2.06. The molecule has 0 aliphatic heterocycles. The van der Waals surface area contributed by atoms with Crippen LogP contribution in [0.2, 0.25) is 0 Å². The van der Waals surface area contributed by atoms with Crippen molar-refractivity contribution in [1.82, 2.24) is 5.32 Å². The lowest BCUT2D eigenvalue weighted by Crippen LogP contribution is -2.41. The highest BCUT2D eigenvalue weighted by molar-refractivity contribution is 5.98. The van der Waals surface area contributed by atoms with Crippen molar-refractivity contribution in [2.75, 3.05) is 6.67 Å². The van der Waals surface area contributed by atoms with Gasteiger partial charge in [-0.1, -0.05) is 47.6 Å². The molecule has 2 rings (SSSR count). The molecule has 7 nitrogen and oxygen atoms in total. The molecule has 26 heavy (non-hydrogen) atoms. The molecule has 5 N–H and O–H groups in total. The number of rotatable bonds is 7. The monoisotopic (exact) mass is 358 g/mol. The van der Waals surface area contributed by atoms with Gasteiger partial charge in [0.1, 0.15) is 12.7 Å². The fourth-order valence-electron chi connectivity index (χ4n) is 1.95. The molecule has 1 unspecified atom stereocenters. The molecule has 0 spiro atoms. The van der Waals surface area contributed by atoms with Crippen molar-refractivity contribution in [3.8, 4) is 0 Å². The number of nitrogens with zero attached hydrogens (tertiary/aromatic N) is 1. The number of hydrogen-bond acceptors (Lipinski definition) is 5. The molecule has 0 fully saturated rings. The van der Waals surface area contributed by atoms with E-state index in [9.17, 15) is 14.0 Å². The van der Waals surface area contributed by atoms with Gasteiger partial charge in [0.2, 0.25) is 5.91 Å². The number of halogens is 1. The number of alkyl halides is 1. The number of oxime groups is 1. The predicted octanol–water partition coefficient (Wildman–Crippen LogP) is 1.08. The molecule has 0 saturated heterocycles. The maximum atomic E-state index is 12.3. The van der Waals surface area contributed by atoms with E-state index in [1.165, 1.54) is 0 Å². The molecule has 0 aliphatic rings. The van der Waals surface area contributed by atoms with Gasteiger partial charge in [-0.15, -0.1) is 0 Å². The van der Waals surface area contributed by atoms with Crippen molar-refractivity contribution in [2.24, 2.45) is 16.6 Å². The largest absolute Gasteiger partial charge is 0.380 e. The smallest absolute Gasteiger partial charge is 0.365 e. The van der Waals surface area contributed by atoms with E-state index in [0.717, 1.165) is 5.56 Å². The molecule has 8 heteroatoms. The Morgan fingerprint density at radius 2 is 1.73 bits per heavy atom. The Balaban J connectivity index is 1.92. The van der Waals surface area contributed by atoms with E-state index in [4.69, 9.17) is 16.3 Å². The van der Waals surface area contributed by atoms with Gasteiger partial charge in [-0.25, -0.2) is 9.18 Å². The summed E-state index contributed by atoms with van der Waals surface area (Å²) in [5, 5.41) is 6.15. The quantitative estimate of drug-likeness (QED) is 0.296. The lowest BCUT2D eigenvalue weighted by Gasteiger charge is -2.09. The van der Waals surface area contributed by atoms with Crippen LogP contribution in [-0.4, -0.2) is 30.4 Å². The van der Waals surface area contributed by atoms with Gasteiger partial charge in [-0.05, 0) is 17.7 Å². The molecule has 0 bridgehead atoms. The topological polar surface area (TPSA) is 120 Å². The summed E-state index contributed by atoms with van der Waals surface area (Å²) in [6.45, 7) is -0.716. The number of benzene rings is 2. The summed E-state index contributed by atoms with van der Waals surface area (Å²) in [6.07, 6.45) is 0. The fraction of sp³-hybridized carbons (Fsp3) is 0.167. The molecule has 1 atom stereocenters. The van der Waals surface area contributed by atoms with E-state index in [0.29, 0.717) is 11.1 Å². The minimum atomic E-state index is -1.17. The Labute approximate surface area is 149 Å². The Morgan fingerprint density at radius 3 is 2.35 bits per heavy atom. The van der Waals surface area contributed by atoms with E-state index < -0.39 is 24.6 Å². The number of carbonyl (C=O) groups is 2. The molecule has 2 aromatic rings. The van der Waals surface area contributed by atoms with Crippen LogP contribution in [0, 0.1) is 0 Å². The molecule has 0 heterocycles. The van der Waals surface area contributed by atoms with Crippen molar-refractivity contribution >= 4 is 17.7 Å². The predicted molar refractivity (Wildman–Crippen MR) is 94.8 cm³/mol. The minimum absolute atomic E-state index is 0.0318. The number of hydrogen-bond donors (Lipinski definition) is 3. The van der Waals surface area contributed by atoms with E-state index in [1.54, 1.807) is 54.6 Å². The summed E-state index contributed by atoms with van der Waals surface area (Å²) in [6, 6.07) is 14.0. The van der Waals surface area contributed by atoms with Gasteiger partial charge < -0.3 is 21.6 Å². The number of amides is 1. The minimum Gasteiger partial charge on any atom is -0.380 e. The number of nitrogens with two attached hydrogens (primary N) is 2. The zero-order chi connectivity index (χ0) is 18.9. The highest BCUT2D eigenvalue weighted by Gasteiger charge is 2.12. The Hall–Kier alpha value is -3.26. The van der Waals surface area contributed by atoms with Gasteiger partial charge in [0.05, 0.1) is 5.56 Å². The number of carbonyl (C=O) groups excluding carboxylic acids is 2.